The van der Waals surface area contributed by atoms with Gasteiger partial charge in [0.1, 0.15) is 11.5 Å². The Labute approximate surface area is 176 Å². The van der Waals surface area contributed by atoms with Crippen molar-refractivity contribution >= 4 is 17.7 Å². The summed E-state index contributed by atoms with van der Waals surface area (Å²) in [5.74, 6) is 0.465. The van der Waals surface area contributed by atoms with Gasteiger partial charge in [-0.3, -0.25) is 19.3 Å². The van der Waals surface area contributed by atoms with E-state index in [4.69, 9.17) is 9.47 Å². The molecule has 1 N–H and O–H groups in total. The molecule has 1 fully saturated rings. The fourth-order valence-corrected chi connectivity index (χ4v) is 3.85. The number of hydrogen-bond acceptors (Lipinski definition) is 5. The predicted octanol–water partition coefficient (Wildman–Crippen LogP) is 2.08. The molecule has 158 valence electrons. The standard InChI is InChI=1S/C23H26N2O5/c1-25-21(27)15-23(22(25)28,17-8-10-18(29-2)11-9-17)14-20(26)24-13-12-16-6-4-5-7-19(16)30-3/h4-11H,12-15H2,1-3H3,(H,24,26)/t23-/m1/s1. The van der Waals surface area contributed by atoms with E-state index in [-0.39, 0.29) is 30.6 Å². The molecule has 0 unspecified atom stereocenters. The summed E-state index contributed by atoms with van der Waals surface area (Å²) in [5.41, 5.74) is 0.412. The lowest BCUT2D eigenvalue weighted by atomic mass is 9.75. The Morgan fingerprint density at radius 1 is 1.07 bits per heavy atom. The smallest absolute Gasteiger partial charge is 0.240 e. The van der Waals surface area contributed by atoms with Crippen LogP contribution in [0.25, 0.3) is 0 Å². The maximum atomic E-state index is 13.0. The highest BCUT2D eigenvalue weighted by atomic mass is 16.5. The zero-order chi connectivity index (χ0) is 21.7. The Bertz CT molecular complexity index is 941. The van der Waals surface area contributed by atoms with E-state index in [0.29, 0.717) is 24.3 Å². The number of likely N-dealkylation sites (N-methyl/N-ethyl adjacent to an activating group) is 1. The molecule has 30 heavy (non-hydrogen) atoms. The second-order valence-electron chi connectivity index (χ2n) is 7.33. The molecule has 0 saturated carbocycles. The first-order chi connectivity index (χ1) is 14.4. The average molecular weight is 410 g/mol. The first-order valence-electron chi connectivity index (χ1n) is 9.75. The van der Waals surface area contributed by atoms with Crippen molar-refractivity contribution in [1.82, 2.24) is 10.2 Å². The van der Waals surface area contributed by atoms with E-state index in [0.717, 1.165) is 16.2 Å². The van der Waals surface area contributed by atoms with Crippen LogP contribution < -0.4 is 14.8 Å². The molecule has 3 rings (SSSR count). The Balaban J connectivity index is 1.74. The number of benzene rings is 2. The molecule has 1 saturated heterocycles. The van der Waals surface area contributed by atoms with Gasteiger partial charge < -0.3 is 14.8 Å². The van der Waals surface area contributed by atoms with Crippen LogP contribution in [0.4, 0.5) is 0 Å². The summed E-state index contributed by atoms with van der Waals surface area (Å²) in [6, 6.07) is 14.6. The number of nitrogens with zero attached hydrogens (tertiary/aromatic N) is 1. The van der Waals surface area contributed by atoms with Gasteiger partial charge in [-0.25, -0.2) is 0 Å². The molecule has 1 aliphatic rings. The zero-order valence-electron chi connectivity index (χ0n) is 17.4. The molecular formula is C23H26N2O5. The topological polar surface area (TPSA) is 84.9 Å². The van der Waals surface area contributed by atoms with E-state index in [9.17, 15) is 14.4 Å². The summed E-state index contributed by atoms with van der Waals surface area (Å²) < 4.78 is 10.5. The van der Waals surface area contributed by atoms with Crippen LogP contribution in [0.3, 0.4) is 0 Å². The number of hydrogen-bond donors (Lipinski definition) is 1. The van der Waals surface area contributed by atoms with Crippen LogP contribution in [-0.4, -0.2) is 50.4 Å². The summed E-state index contributed by atoms with van der Waals surface area (Å²) in [5, 5.41) is 2.88. The SMILES string of the molecule is COc1ccc([C@@]2(CC(=O)NCCc3ccccc3OC)CC(=O)N(C)C2=O)cc1. The van der Waals surface area contributed by atoms with Crippen LogP contribution in [0.5, 0.6) is 11.5 Å². The van der Waals surface area contributed by atoms with Gasteiger partial charge in [0.15, 0.2) is 0 Å². The normalized spacial score (nSPS) is 18.4. The minimum atomic E-state index is -1.20. The van der Waals surface area contributed by atoms with E-state index >= 15 is 0 Å². The van der Waals surface area contributed by atoms with Crippen LogP contribution in [0.1, 0.15) is 24.0 Å². The van der Waals surface area contributed by atoms with Crippen molar-refractivity contribution in [2.75, 3.05) is 27.8 Å². The number of methoxy groups -OCH3 is 2. The van der Waals surface area contributed by atoms with Crippen molar-refractivity contribution in [3.05, 3.63) is 59.7 Å². The molecule has 1 heterocycles. The highest BCUT2D eigenvalue weighted by molar-refractivity contribution is 6.10. The number of nitrogens with one attached hydrogen (secondary N) is 1. The van der Waals surface area contributed by atoms with E-state index in [2.05, 4.69) is 5.32 Å². The predicted molar refractivity (Wildman–Crippen MR) is 111 cm³/mol. The van der Waals surface area contributed by atoms with Crippen molar-refractivity contribution < 1.29 is 23.9 Å². The van der Waals surface area contributed by atoms with E-state index in [1.807, 2.05) is 24.3 Å². The van der Waals surface area contributed by atoms with Crippen molar-refractivity contribution in [2.45, 2.75) is 24.7 Å². The number of likely N-dealkylation sites (tertiary alicyclic amines) is 1. The first kappa shape index (κ1) is 21.4. The van der Waals surface area contributed by atoms with Crippen LogP contribution >= 0.6 is 0 Å². The first-order valence-corrected chi connectivity index (χ1v) is 9.75. The van der Waals surface area contributed by atoms with Gasteiger partial charge in [0.2, 0.25) is 17.7 Å². The van der Waals surface area contributed by atoms with Crippen LogP contribution in [0.15, 0.2) is 48.5 Å². The van der Waals surface area contributed by atoms with Gasteiger partial charge in [-0.2, -0.15) is 0 Å². The molecule has 2 aromatic carbocycles. The Morgan fingerprint density at radius 3 is 2.37 bits per heavy atom. The Hall–Kier alpha value is -3.35. The Morgan fingerprint density at radius 2 is 1.77 bits per heavy atom. The largest absolute Gasteiger partial charge is 0.497 e. The van der Waals surface area contributed by atoms with Gasteiger partial charge in [0.05, 0.1) is 19.6 Å². The number of carbonyl (C=O) groups is 3. The molecule has 1 aliphatic heterocycles. The van der Waals surface area contributed by atoms with Gasteiger partial charge in [0.25, 0.3) is 0 Å². The van der Waals surface area contributed by atoms with E-state index in [1.165, 1.54) is 7.05 Å². The third-order valence-corrected chi connectivity index (χ3v) is 5.56. The number of para-hydroxylation sites is 1. The van der Waals surface area contributed by atoms with Gasteiger partial charge in [-0.05, 0) is 35.7 Å². The number of ether oxygens (including phenoxy) is 2. The van der Waals surface area contributed by atoms with Crippen molar-refractivity contribution in [3.63, 3.8) is 0 Å². The molecule has 1 atom stereocenters. The van der Waals surface area contributed by atoms with Gasteiger partial charge in [-0.15, -0.1) is 0 Å². The maximum absolute atomic E-state index is 13.0. The molecule has 3 amide bonds. The summed E-state index contributed by atoms with van der Waals surface area (Å²) in [7, 11) is 4.61. The number of carbonyl (C=O) groups excluding carboxylic acids is 3. The van der Waals surface area contributed by atoms with Crippen molar-refractivity contribution in [3.8, 4) is 11.5 Å². The van der Waals surface area contributed by atoms with Crippen LogP contribution in [0, 0.1) is 0 Å². The summed E-state index contributed by atoms with van der Waals surface area (Å²) in [6.45, 7) is 0.399. The number of amides is 3. The average Bonchev–Trinajstić information content (AvgIpc) is 2.98. The molecule has 0 aromatic heterocycles. The third-order valence-electron chi connectivity index (χ3n) is 5.56. The lowest BCUT2D eigenvalue weighted by molar-refractivity contribution is -0.139. The van der Waals surface area contributed by atoms with E-state index < -0.39 is 5.41 Å². The number of rotatable bonds is 8. The zero-order valence-corrected chi connectivity index (χ0v) is 17.4. The fourth-order valence-electron chi connectivity index (χ4n) is 3.85. The highest BCUT2D eigenvalue weighted by Crippen LogP contribution is 2.39. The molecule has 2 aromatic rings. The quantitative estimate of drug-likeness (QED) is 0.674. The molecule has 0 aliphatic carbocycles. The minimum absolute atomic E-state index is 0.0331. The molecule has 0 bridgehead atoms. The molecule has 0 radical (unpaired) electrons. The van der Waals surface area contributed by atoms with Gasteiger partial charge in [0, 0.05) is 26.4 Å². The summed E-state index contributed by atoms with van der Waals surface area (Å²) in [4.78, 5) is 39.1. The van der Waals surface area contributed by atoms with Gasteiger partial charge in [-0.1, -0.05) is 30.3 Å². The van der Waals surface area contributed by atoms with Gasteiger partial charge >= 0.3 is 0 Å². The highest BCUT2D eigenvalue weighted by Gasteiger charge is 2.52. The van der Waals surface area contributed by atoms with E-state index in [1.54, 1.807) is 38.5 Å². The summed E-state index contributed by atoms with van der Waals surface area (Å²) >= 11 is 0. The summed E-state index contributed by atoms with van der Waals surface area (Å²) in [6.07, 6.45) is 0.465. The number of imide groups is 1. The lowest BCUT2D eigenvalue weighted by Crippen LogP contribution is -2.41. The third kappa shape index (κ3) is 4.15. The Kier molecular flexibility index (Phi) is 6.40. The fraction of sp³-hybridized carbons (Fsp3) is 0.348. The maximum Gasteiger partial charge on any atom is 0.240 e. The van der Waals surface area contributed by atoms with Crippen molar-refractivity contribution in [1.29, 1.82) is 0 Å². The molecule has 0 spiro atoms. The monoisotopic (exact) mass is 410 g/mol. The van der Waals surface area contributed by atoms with Crippen LogP contribution in [-0.2, 0) is 26.2 Å². The molecule has 7 nitrogen and oxygen atoms in total. The minimum Gasteiger partial charge on any atom is -0.497 e. The second-order valence-corrected chi connectivity index (χ2v) is 7.33. The molecular weight excluding hydrogens is 384 g/mol. The lowest BCUT2D eigenvalue weighted by Gasteiger charge is -2.26. The molecule has 7 heteroatoms. The van der Waals surface area contributed by atoms with Crippen LogP contribution in [0.2, 0.25) is 0 Å². The van der Waals surface area contributed by atoms with Crippen molar-refractivity contribution in [2.24, 2.45) is 0 Å². The second kappa shape index (κ2) is 8.98.